The minimum atomic E-state index is -0.687. The number of hydrogen-bond donors (Lipinski definition) is 2. The monoisotopic (exact) mass is 498 g/mol. The van der Waals surface area contributed by atoms with Gasteiger partial charge in [0.1, 0.15) is 23.1 Å². The number of fused-ring (bicyclic) bond motifs is 1. The Hall–Kier alpha value is -4.21. The molecule has 0 radical (unpaired) electrons. The van der Waals surface area contributed by atoms with Crippen molar-refractivity contribution in [2.45, 2.75) is 43.3 Å². The van der Waals surface area contributed by atoms with Crippen molar-refractivity contribution in [3.63, 3.8) is 0 Å². The van der Waals surface area contributed by atoms with Gasteiger partial charge in [-0.25, -0.2) is 9.07 Å². The smallest absolute Gasteiger partial charge is 0.125 e. The lowest BCUT2D eigenvalue weighted by molar-refractivity contribution is 0.610. The molecule has 4 aromatic rings. The van der Waals surface area contributed by atoms with Crippen LogP contribution in [-0.2, 0) is 0 Å². The molecule has 1 atom stereocenters. The minimum absolute atomic E-state index is 0.329. The maximum atomic E-state index is 13.7. The molecule has 0 amide bonds. The van der Waals surface area contributed by atoms with Crippen molar-refractivity contribution in [1.29, 1.82) is 10.5 Å². The van der Waals surface area contributed by atoms with Gasteiger partial charge in [-0.1, -0.05) is 28.9 Å². The SMILES string of the molecule is N#Cc1cnc2c(Cl)cc(NC(c3ccc(F)cc3)c3cn(C4CC4)nn3)cc2c1NC1(C#N)CC1. The largest absolute Gasteiger partial charge is 0.373 e. The Balaban J connectivity index is 1.44. The molecule has 178 valence electrons. The fourth-order valence-corrected chi connectivity index (χ4v) is 4.55. The Labute approximate surface area is 211 Å². The van der Waals surface area contributed by atoms with Crippen LogP contribution in [0.3, 0.4) is 0 Å². The van der Waals surface area contributed by atoms with Crippen molar-refractivity contribution >= 4 is 33.9 Å². The number of pyridine rings is 1. The van der Waals surface area contributed by atoms with E-state index >= 15 is 0 Å². The van der Waals surface area contributed by atoms with Crippen LogP contribution in [0.4, 0.5) is 15.8 Å². The number of rotatable bonds is 7. The van der Waals surface area contributed by atoms with E-state index in [1.165, 1.54) is 18.3 Å². The Morgan fingerprint density at radius 2 is 1.94 bits per heavy atom. The van der Waals surface area contributed by atoms with Gasteiger partial charge in [-0.15, -0.1) is 5.10 Å². The molecular weight excluding hydrogens is 479 g/mol. The summed E-state index contributed by atoms with van der Waals surface area (Å²) in [5.41, 5.74) is 2.85. The lowest BCUT2D eigenvalue weighted by Crippen LogP contribution is -2.19. The molecule has 2 aromatic carbocycles. The van der Waals surface area contributed by atoms with Gasteiger partial charge in [-0.2, -0.15) is 10.5 Å². The molecule has 36 heavy (non-hydrogen) atoms. The number of nitrogens with zero attached hydrogens (tertiary/aromatic N) is 6. The maximum absolute atomic E-state index is 13.7. The van der Waals surface area contributed by atoms with E-state index in [9.17, 15) is 14.9 Å². The van der Waals surface area contributed by atoms with Gasteiger partial charge in [0.05, 0.1) is 46.1 Å². The van der Waals surface area contributed by atoms with Gasteiger partial charge in [0, 0.05) is 17.3 Å². The van der Waals surface area contributed by atoms with Crippen molar-refractivity contribution < 1.29 is 4.39 Å². The van der Waals surface area contributed by atoms with Crippen molar-refractivity contribution in [3.05, 3.63) is 76.5 Å². The van der Waals surface area contributed by atoms with Crippen LogP contribution in [0, 0.1) is 28.5 Å². The molecule has 2 aliphatic rings. The zero-order valence-electron chi connectivity index (χ0n) is 19.0. The number of nitriles is 2. The van der Waals surface area contributed by atoms with E-state index in [-0.39, 0.29) is 5.82 Å². The first-order valence-electron chi connectivity index (χ1n) is 11.6. The summed E-state index contributed by atoms with van der Waals surface area (Å²) in [6.45, 7) is 0. The van der Waals surface area contributed by atoms with E-state index in [2.05, 4.69) is 38.1 Å². The van der Waals surface area contributed by atoms with Crippen LogP contribution >= 0.6 is 11.6 Å². The Bertz CT molecular complexity index is 1560. The summed E-state index contributed by atoms with van der Waals surface area (Å²) in [6, 6.07) is 14.2. The minimum Gasteiger partial charge on any atom is -0.373 e. The van der Waals surface area contributed by atoms with Gasteiger partial charge >= 0.3 is 0 Å². The third-order valence-electron chi connectivity index (χ3n) is 6.63. The molecule has 2 fully saturated rings. The first-order valence-corrected chi connectivity index (χ1v) is 12.0. The molecule has 0 saturated heterocycles. The highest BCUT2D eigenvalue weighted by atomic mass is 35.5. The summed E-state index contributed by atoms with van der Waals surface area (Å²) in [5, 5.41) is 35.8. The summed E-state index contributed by atoms with van der Waals surface area (Å²) < 4.78 is 15.5. The Morgan fingerprint density at radius 3 is 2.61 bits per heavy atom. The van der Waals surface area contributed by atoms with Crippen molar-refractivity contribution in [3.8, 4) is 12.1 Å². The van der Waals surface area contributed by atoms with Gasteiger partial charge in [0.25, 0.3) is 0 Å². The Kier molecular flexibility index (Phi) is 5.24. The number of halogens is 2. The van der Waals surface area contributed by atoms with Crippen molar-refractivity contribution in [1.82, 2.24) is 20.0 Å². The summed E-state index contributed by atoms with van der Waals surface area (Å²) in [7, 11) is 0. The van der Waals surface area contributed by atoms with E-state index in [0.717, 1.165) is 18.4 Å². The average Bonchev–Trinajstić information content (AvgIpc) is 3.82. The third kappa shape index (κ3) is 4.08. The van der Waals surface area contributed by atoms with E-state index in [4.69, 9.17) is 11.6 Å². The standard InChI is InChI=1S/C26H20ClFN8/c27-21-10-18(9-20-23(33-26(14-30)7-8-26)16(11-29)12-31-25(20)21)32-24(15-1-3-17(28)4-2-15)22-13-36(35-34-22)19-5-6-19/h1-4,9-10,12-13,19,24,32H,5-8H2,(H,31,33). The second-order valence-electron chi connectivity index (χ2n) is 9.32. The fourth-order valence-electron chi connectivity index (χ4n) is 4.28. The summed E-state index contributed by atoms with van der Waals surface area (Å²) in [6.07, 6.45) is 6.93. The number of benzene rings is 2. The predicted octanol–water partition coefficient (Wildman–Crippen LogP) is 5.49. The van der Waals surface area contributed by atoms with Crippen molar-refractivity contribution in [2.24, 2.45) is 0 Å². The zero-order chi connectivity index (χ0) is 24.9. The molecule has 6 rings (SSSR count). The highest BCUT2D eigenvalue weighted by Gasteiger charge is 2.44. The van der Waals surface area contributed by atoms with E-state index in [1.54, 1.807) is 18.2 Å². The number of hydrogen-bond acceptors (Lipinski definition) is 7. The van der Waals surface area contributed by atoms with Crippen LogP contribution in [0.15, 0.2) is 48.8 Å². The molecule has 0 aliphatic heterocycles. The third-order valence-corrected chi connectivity index (χ3v) is 6.92. The van der Waals surface area contributed by atoms with Crippen LogP contribution in [0.25, 0.3) is 10.9 Å². The number of anilines is 2. The van der Waals surface area contributed by atoms with Crippen LogP contribution in [0.1, 0.15) is 54.6 Å². The Morgan fingerprint density at radius 1 is 1.17 bits per heavy atom. The van der Waals surface area contributed by atoms with Gasteiger partial charge in [0.15, 0.2) is 0 Å². The van der Waals surface area contributed by atoms with E-state index in [1.807, 2.05) is 16.9 Å². The molecule has 10 heteroatoms. The summed E-state index contributed by atoms with van der Waals surface area (Å²) in [5.74, 6) is -0.329. The number of nitrogens with one attached hydrogen (secondary N) is 2. The van der Waals surface area contributed by atoms with Crippen LogP contribution in [0.5, 0.6) is 0 Å². The molecule has 2 N–H and O–H groups in total. The fraction of sp³-hybridized carbons (Fsp3) is 0.269. The average molecular weight is 499 g/mol. The van der Waals surface area contributed by atoms with E-state index < -0.39 is 11.6 Å². The first kappa shape index (κ1) is 22.3. The van der Waals surface area contributed by atoms with Crippen LogP contribution < -0.4 is 10.6 Å². The molecule has 2 aromatic heterocycles. The van der Waals surface area contributed by atoms with Crippen LogP contribution in [-0.4, -0.2) is 25.5 Å². The molecular formula is C26H20ClFN8. The van der Waals surface area contributed by atoms with E-state index in [0.29, 0.717) is 57.4 Å². The van der Waals surface area contributed by atoms with Gasteiger partial charge in [0.2, 0.25) is 0 Å². The molecule has 8 nitrogen and oxygen atoms in total. The van der Waals surface area contributed by atoms with Crippen LogP contribution in [0.2, 0.25) is 5.02 Å². The summed E-state index contributed by atoms with van der Waals surface area (Å²) >= 11 is 6.64. The quantitative estimate of drug-likeness (QED) is 0.346. The molecule has 1 unspecified atom stereocenters. The highest BCUT2D eigenvalue weighted by molar-refractivity contribution is 6.35. The van der Waals surface area contributed by atoms with Gasteiger partial charge in [-0.3, -0.25) is 4.98 Å². The normalized spacial score (nSPS) is 16.7. The maximum Gasteiger partial charge on any atom is 0.125 e. The predicted molar refractivity (Wildman–Crippen MR) is 133 cm³/mol. The first-order chi connectivity index (χ1) is 17.5. The molecule has 0 bridgehead atoms. The lowest BCUT2D eigenvalue weighted by Gasteiger charge is -2.20. The molecule has 2 aliphatic carbocycles. The lowest BCUT2D eigenvalue weighted by atomic mass is 10.0. The zero-order valence-corrected chi connectivity index (χ0v) is 19.8. The number of aromatic nitrogens is 4. The van der Waals surface area contributed by atoms with Gasteiger partial charge in [-0.05, 0) is 55.5 Å². The second-order valence-corrected chi connectivity index (χ2v) is 9.72. The molecule has 2 saturated carbocycles. The molecule has 2 heterocycles. The topological polar surface area (TPSA) is 115 Å². The summed E-state index contributed by atoms with van der Waals surface area (Å²) in [4.78, 5) is 4.39. The van der Waals surface area contributed by atoms with Gasteiger partial charge < -0.3 is 10.6 Å². The molecule has 0 spiro atoms. The second kappa shape index (κ2) is 8.47. The highest BCUT2D eigenvalue weighted by Crippen LogP contribution is 2.42. The van der Waals surface area contributed by atoms with Crippen molar-refractivity contribution in [2.75, 3.05) is 10.6 Å².